The number of aryl methyl sites for hydroxylation is 1. The van der Waals surface area contributed by atoms with E-state index in [0.717, 1.165) is 10.9 Å². The van der Waals surface area contributed by atoms with Gasteiger partial charge in [-0.05, 0) is 55.9 Å². The zero-order valence-corrected chi connectivity index (χ0v) is 25.7. The van der Waals surface area contributed by atoms with Crippen molar-refractivity contribution < 1.29 is 29.4 Å². The Kier molecular flexibility index (Phi) is 8.67. The molecule has 0 radical (unpaired) electrons. The Morgan fingerprint density at radius 1 is 0.818 bits per heavy atom. The number of amides is 2. The summed E-state index contributed by atoms with van der Waals surface area (Å²) in [7, 11) is 0. The molecule has 2 aromatic heterocycles. The number of carbonyl (C=O) groups is 4. The number of fused-ring (bicyclic) bond motifs is 1. The predicted octanol–water partition coefficient (Wildman–Crippen LogP) is 3.86. The van der Waals surface area contributed by atoms with E-state index in [4.69, 9.17) is 0 Å². The monoisotopic (exact) mass is 600 g/mol. The molecule has 0 aliphatic carbocycles. The SMILES string of the molecule is CC(C)C1(C)N=C(c2nc3ccccc3cc2C(=O)O)NC1=O.CCc1cnc(C2=NC(C)(C(C)C)C(=O)N2)c(C(=O)O)c1. The molecule has 2 unspecified atom stereocenters. The summed E-state index contributed by atoms with van der Waals surface area (Å²) in [4.78, 5) is 64.8. The van der Waals surface area contributed by atoms with Gasteiger partial charge in [0.1, 0.15) is 22.5 Å². The van der Waals surface area contributed by atoms with Gasteiger partial charge in [-0.2, -0.15) is 0 Å². The second kappa shape index (κ2) is 11.9. The number of aromatic carboxylic acids is 2. The number of carboxylic acid groups (broad SMARTS) is 2. The van der Waals surface area contributed by atoms with E-state index in [1.54, 1.807) is 44.3 Å². The van der Waals surface area contributed by atoms with Crippen LogP contribution in [0.2, 0.25) is 0 Å². The number of aromatic nitrogens is 2. The number of amidine groups is 2. The van der Waals surface area contributed by atoms with Crippen LogP contribution >= 0.6 is 0 Å². The van der Waals surface area contributed by atoms with Crippen LogP contribution in [0.3, 0.4) is 0 Å². The van der Waals surface area contributed by atoms with Gasteiger partial charge in [0.05, 0.1) is 16.6 Å². The molecule has 2 amide bonds. The van der Waals surface area contributed by atoms with E-state index in [1.165, 1.54) is 0 Å². The highest BCUT2D eigenvalue weighted by molar-refractivity contribution is 6.18. The number of aliphatic imine (C=N–C) groups is 2. The van der Waals surface area contributed by atoms with Gasteiger partial charge in [-0.1, -0.05) is 52.8 Å². The van der Waals surface area contributed by atoms with Crippen molar-refractivity contribution in [1.82, 2.24) is 20.6 Å². The van der Waals surface area contributed by atoms with Crippen LogP contribution in [0.1, 0.15) is 86.1 Å². The number of benzene rings is 1. The van der Waals surface area contributed by atoms with Gasteiger partial charge in [-0.3, -0.25) is 14.6 Å². The van der Waals surface area contributed by atoms with Crippen LogP contribution in [0.15, 0.2) is 52.6 Å². The second-order valence-corrected chi connectivity index (χ2v) is 11.7. The summed E-state index contributed by atoms with van der Waals surface area (Å²) in [6.45, 7) is 13.0. The lowest BCUT2D eigenvalue weighted by Gasteiger charge is -2.21. The number of carboxylic acids is 2. The van der Waals surface area contributed by atoms with Gasteiger partial charge in [0.15, 0.2) is 11.7 Å². The molecule has 2 aliphatic rings. The lowest BCUT2D eigenvalue weighted by molar-refractivity contribution is -0.125. The lowest BCUT2D eigenvalue weighted by atomic mass is 9.89. The van der Waals surface area contributed by atoms with Crippen molar-refractivity contribution in [2.24, 2.45) is 21.8 Å². The first-order valence-electron chi connectivity index (χ1n) is 14.3. The number of para-hydroxylation sites is 1. The molecule has 4 N–H and O–H groups in total. The standard InChI is InChI=1S/C17H17N3O3.C15H19N3O3/c1-9(2)17(3)16(23)19-14(20-17)13-11(15(21)22)8-10-6-4-5-7-12(10)18-13;1-5-9-6-10(13(19)20)11(16-7-9)12-17-14(21)15(4,18-12)8(2)3/h4-9H,1-3H3,(H,21,22)(H,19,20,23);6-8H,5H2,1-4H3,(H,19,20)(H,17,18,21). The van der Waals surface area contributed by atoms with Crippen LogP contribution in [0.25, 0.3) is 10.9 Å². The van der Waals surface area contributed by atoms with Crippen molar-refractivity contribution in [2.75, 3.05) is 0 Å². The largest absolute Gasteiger partial charge is 0.478 e. The highest BCUT2D eigenvalue weighted by Gasteiger charge is 2.44. The zero-order valence-electron chi connectivity index (χ0n) is 25.7. The molecule has 0 spiro atoms. The highest BCUT2D eigenvalue weighted by Crippen LogP contribution is 2.29. The molecule has 44 heavy (non-hydrogen) atoms. The molecular weight excluding hydrogens is 564 g/mol. The van der Waals surface area contributed by atoms with Gasteiger partial charge in [-0.25, -0.2) is 24.6 Å². The minimum atomic E-state index is -1.10. The molecule has 12 heteroatoms. The fraction of sp³-hybridized carbons (Fsp3) is 0.375. The van der Waals surface area contributed by atoms with Crippen molar-refractivity contribution in [1.29, 1.82) is 0 Å². The Morgan fingerprint density at radius 3 is 1.80 bits per heavy atom. The summed E-state index contributed by atoms with van der Waals surface area (Å²) < 4.78 is 0. The lowest BCUT2D eigenvalue weighted by Crippen LogP contribution is -2.41. The first-order valence-corrected chi connectivity index (χ1v) is 14.3. The van der Waals surface area contributed by atoms with E-state index < -0.39 is 23.0 Å². The number of nitrogens with zero attached hydrogens (tertiary/aromatic N) is 4. The fourth-order valence-corrected chi connectivity index (χ4v) is 4.61. The minimum Gasteiger partial charge on any atom is -0.478 e. The molecule has 1 aromatic carbocycles. The van der Waals surface area contributed by atoms with Crippen LogP contribution in [-0.4, -0.2) is 66.7 Å². The van der Waals surface area contributed by atoms with Crippen molar-refractivity contribution >= 4 is 46.3 Å². The summed E-state index contributed by atoms with van der Waals surface area (Å²) in [5, 5.41) is 24.9. The van der Waals surface area contributed by atoms with Crippen molar-refractivity contribution in [3.05, 3.63) is 70.7 Å². The third-order valence-electron chi connectivity index (χ3n) is 8.31. The zero-order chi connectivity index (χ0) is 32.6. The Balaban J connectivity index is 0.000000202. The normalized spacial score (nSPS) is 21.0. The highest BCUT2D eigenvalue weighted by atomic mass is 16.4. The number of carbonyl (C=O) groups excluding carboxylic acids is 2. The van der Waals surface area contributed by atoms with Crippen molar-refractivity contribution in [3.8, 4) is 0 Å². The summed E-state index contributed by atoms with van der Waals surface area (Å²) in [6, 6.07) is 10.4. The molecule has 4 heterocycles. The number of hydrogen-bond acceptors (Lipinski definition) is 8. The smallest absolute Gasteiger partial charge is 0.338 e. The van der Waals surface area contributed by atoms with E-state index in [9.17, 15) is 29.4 Å². The molecule has 0 fully saturated rings. The quantitative estimate of drug-likeness (QED) is 0.315. The molecule has 0 saturated carbocycles. The molecule has 3 aromatic rings. The Bertz CT molecular complexity index is 1750. The number of hydrogen-bond donors (Lipinski definition) is 4. The van der Waals surface area contributed by atoms with Gasteiger partial charge >= 0.3 is 11.9 Å². The Hall–Kier alpha value is -5.00. The van der Waals surface area contributed by atoms with Crippen LogP contribution < -0.4 is 10.6 Å². The predicted molar refractivity (Wildman–Crippen MR) is 165 cm³/mol. The maximum absolute atomic E-state index is 12.3. The molecule has 0 bridgehead atoms. The van der Waals surface area contributed by atoms with Crippen LogP contribution in [0.4, 0.5) is 0 Å². The minimum absolute atomic E-state index is 0.00167. The fourth-order valence-electron chi connectivity index (χ4n) is 4.61. The maximum Gasteiger partial charge on any atom is 0.338 e. The Morgan fingerprint density at radius 2 is 1.32 bits per heavy atom. The molecule has 0 saturated heterocycles. The van der Waals surface area contributed by atoms with Gasteiger partial charge in [0.25, 0.3) is 11.8 Å². The molecule has 5 rings (SSSR count). The first kappa shape index (κ1) is 31.9. The van der Waals surface area contributed by atoms with Crippen molar-refractivity contribution in [3.63, 3.8) is 0 Å². The van der Waals surface area contributed by atoms with Gasteiger partial charge in [-0.15, -0.1) is 0 Å². The van der Waals surface area contributed by atoms with E-state index in [2.05, 4.69) is 30.6 Å². The molecular formula is C32H36N6O6. The van der Waals surface area contributed by atoms with Crippen LogP contribution in [-0.2, 0) is 16.0 Å². The van der Waals surface area contributed by atoms with Gasteiger partial charge < -0.3 is 20.8 Å². The summed E-state index contributed by atoms with van der Waals surface area (Å²) in [5.74, 6) is -2.23. The van der Waals surface area contributed by atoms with E-state index in [-0.39, 0.29) is 57.8 Å². The number of rotatable bonds is 7. The maximum atomic E-state index is 12.3. The van der Waals surface area contributed by atoms with Crippen LogP contribution in [0, 0.1) is 11.8 Å². The Labute approximate surface area is 254 Å². The second-order valence-electron chi connectivity index (χ2n) is 11.7. The molecule has 2 atom stereocenters. The number of nitrogens with one attached hydrogen (secondary N) is 2. The summed E-state index contributed by atoms with van der Waals surface area (Å²) >= 11 is 0. The molecule has 12 nitrogen and oxygen atoms in total. The third kappa shape index (κ3) is 5.79. The van der Waals surface area contributed by atoms with E-state index >= 15 is 0 Å². The summed E-state index contributed by atoms with van der Waals surface area (Å²) in [6.07, 6.45) is 2.30. The molecule has 2 aliphatic heterocycles. The van der Waals surface area contributed by atoms with Crippen LogP contribution in [0.5, 0.6) is 0 Å². The average molecular weight is 601 g/mol. The van der Waals surface area contributed by atoms with Crippen molar-refractivity contribution in [2.45, 2.75) is 66.0 Å². The van der Waals surface area contributed by atoms with Gasteiger partial charge in [0, 0.05) is 11.6 Å². The molecule has 230 valence electrons. The van der Waals surface area contributed by atoms with E-state index in [0.29, 0.717) is 11.9 Å². The number of pyridine rings is 2. The average Bonchev–Trinajstić information content (AvgIpc) is 3.47. The third-order valence-corrected chi connectivity index (χ3v) is 8.31. The first-order chi connectivity index (χ1) is 20.6. The van der Waals surface area contributed by atoms with Gasteiger partial charge in [0.2, 0.25) is 0 Å². The topological polar surface area (TPSA) is 183 Å². The van der Waals surface area contributed by atoms with E-state index in [1.807, 2.05) is 46.8 Å². The summed E-state index contributed by atoms with van der Waals surface area (Å²) in [5.41, 5.74) is 0.146.